The fourth-order valence-corrected chi connectivity index (χ4v) is 2.91. The average Bonchev–Trinajstić information content (AvgIpc) is 2.59. The molecular formula is C17H8Cl4N2O2. The third-order valence-electron chi connectivity index (χ3n) is 3.52. The molecule has 126 valence electrons. The summed E-state index contributed by atoms with van der Waals surface area (Å²) in [4.78, 5) is 14.8. The van der Waals surface area contributed by atoms with Crippen LogP contribution in [0.3, 0.4) is 0 Å². The van der Waals surface area contributed by atoms with Crippen molar-refractivity contribution in [3.05, 3.63) is 78.9 Å². The van der Waals surface area contributed by atoms with Gasteiger partial charge in [-0.25, -0.2) is 0 Å². The zero-order valence-corrected chi connectivity index (χ0v) is 15.4. The van der Waals surface area contributed by atoms with Crippen molar-refractivity contribution in [2.75, 3.05) is 0 Å². The molecule has 0 aliphatic carbocycles. The zero-order chi connectivity index (χ0) is 18.1. The van der Waals surface area contributed by atoms with Gasteiger partial charge in [0.05, 0.1) is 25.7 Å². The van der Waals surface area contributed by atoms with Crippen molar-refractivity contribution in [3.8, 4) is 22.3 Å². The Hall–Kier alpha value is -1.85. The zero-order valence-electron chi connectivity index (χ0n) is 12.3. The first-order chi connectivity index (χ1) is 11.9. The van der Waals surface area contributed by atoms with Crippen LogP contribution in [0.4, 0.5) is 5.82 Å². The van der Waals surface area contributed by atoms with Crippen molar-refractivity contribution in [2.24, 2.45) is 0 Å². The smallest absolute Gasteiger partial charge is 0.358 e. The van der Waals surface area contributed by atoms with E-state index in [0.29, 0.717) is 36.8 Å². The van der Waals surface area contributed by atoms with Crippen LogP contribution in [-0.4, -0.2) is 9.91 Å². The van der Waals surface area contributed by atoms with Crippen molar-refractivity contribution in [1.82, 2.24) is 4.98 Å². The summed E-state index contributed by atoms with van der Waals surface area (Å²) in [6.45, 7) is 0. The van der Waals surface area contributed by atoms with Crippen LogP contribution in [0.25, 0.3) is 22.3 Å². The topological polar surface area (TPSA) is 56.0 Å². The van der Waals surface area contributed by atoms with E-state index in [2.05, 4.69) is 4.98 Å². The van der Waals surface area contributed by atoms with E-state index < -0.39 is 4.92 Å². The molecule has 4 nitrogen and oxygen atoms in total. The second kappa shape index (κ2) is 7.18. The fraction of sp³-hybridized carbons (Fsp3) is 0. The van der Waals surface area contributed by atoms with Gasteiger partial charge in [0.25, 0.3) is 0 Å². The maximum atomic E-state index is 11.3. The monoisotopic (exact) mass is 412 g/mol. The molecule has 0 aliphatic rings. The average molecular weight is 414 g/mol. The number of nitro groups is 1. The first-order valence-corrected chi connectivity index (χ1v) is 8.43. The van der Waals surface area contributed by atoms with Gasteiger partial charge in [-0.1, -0.05) is 58.5 Å². The first kappa shape index (κ1) is 18.0. The summed E-state index contributed by atoms with van der Waals surface area (Å²) >= 11 is 23.9. The Morgan fingerprint density at radius 2 is 1.32 bits per heavy atom. The van der Waals surface area contributed by atoms with E-state index in [1.165, 1.54) is 6.20 Å². The maximum Gasteiger partial charge on any atom is 0.371 e. The molecule has 0 atom stereocenters. The minimum Gasteiger partial charge on any atom is -0.358 e. The Labute approximate surface area is 163 Å². The summed E-state index contributed by atoms with van der Waals surface area (Å²) < 4.78 is 0. The number of rotatable bonds is 3. The Balaban J connectivity index is 2.19. The van der Waals surface area contributed by atoms with Gasteiger partial charge in [0.2, 0.25) is 0 Å². The first-order valence-electron chi connectivity index (χ1n) is 6.92. The summed E-state index contributed by atoms with van der Waals surface area (Å²) in [6, 6.07) is 11.5. The van der Waals surface area contributed by atoms with Crippen LogP contribution >= 0.6 is 46.4 Å². The van der Waals surface area contributed by atoms with Gasteiger partial charge in [-0.05, 0) is 51.4 Å². The lowest BCUT2D eigenvalue weighted by molar-refractivity contribution is -0.388. The fourth-order valence-electron chi connectivity index (χ4n) is 2.31. The molecule has 3 rings (SSSR count). The molecule has 1 heterocycles. The highest BCUT2D eigenvalue weighted by Crippen LogP contribution is 2.36. The van der Waals surface area contributed by atoms with E-state index in [9.17, 15) is 10.1 Å². The molecule has 0 spiro atoms. The van der Waals surface area contributed by atoms with Gasteiger partial charge in [0, 0.05) is 5.56 Å². The standard InChI is InChI=1S/C17H8Cl4N2O2/c18-13-3-1-9(6-15(13)20)11-5-12(17(22-8-11)23(24)25)10-2-4-14(19)16(21)7-10/h1-8H. The number of halogens is 4. The van der Waals surface area contributed by atoms with Gasteiger partial charge >= 0.3 is 5.82 Å². The van der Waals surface area contributed by atoms with Gasteiger partial charge in [0.15, 0.2) is 0 Å². The van der Waals surface area contributed by atoms with Crippen molar-refractivity contribution in [2.45, 2.75) is 0 Å². The highest BCUT2D eigenvalue weighted by Gasteiger charge is 2.19. The Kier molecular flexibility index (Phi) is 5.16. The molecule has 0 aliphatic heterocycles. The molecule has 2 aromatic carbocycles. The lowest BCUT2D eigenvalue weighted by Crippen LogP contribution is -1.96. The molecule has 0 fully saturated rings. The van der Waals surface area contributed by atoms with Crippen molar-refractivity contribution in [1.29, 1.82) is 0 Å². The summed E-state index contributed by atoms with van der Waals surface area (Å²) in [7, 11) is 0. The highest BCUT2D eigenvalue weighted by atomic mass is 35.5. The molecule has 0 saturated heterocycles. The molecule has 1 aromatic heterocycles. The van der Waals surface area contributed by atoms with Crippen LogP contribution in [0.5, 0.6) is 0 Å². The predicted octanol–water partition coefficient (Wildman–Crippen LogP) is 6.94. The third-order valence-corrected chi connectivity index (χ3v) is 5.00. The molecule has 0 unspecified atom stereocenters. The minimum atomic E-state index is -0.545. The van der Waals surface area contributed by atoms with E-state index in [-0.39, 0.29) is 5.82 Å². The normalized spacial score (nSPS) is 10.7. The van der Waals surface area contributed by atoms with E-state index in [1.54, 1.807) is 42.5 Å². The molecule has 8 heteroatoms. The number of pyridine rings is 1. The van der Waals surface area contributed by atoms with Crippen LogP contribution in [0.1, 0.15) is 0 Å². The molecule has 0 amide bonds. The van der Waals surface area contributed by atoms with E-state index in [0.717, 1.165) is 5.56 Å². The maximum absolute atomic E-state index is 11.3. The molecule has 0 saturated carbocycles. The summed E-state index contributed by atoms with van der Waals surface area (Å²) in [6.07, 6.45) is 1.42. The summed E-state index contributed by atoms with van der Waals surface area (Å²) in [5, 5.41) is 12.8. The number of benzene rings is 2. The molecular weight excluding hydrogens is 406 g/mol. The quantitative estimate of drug-likeness (QED) is 0.345. The van der Waals surface area contributed by atoms with Gasteiger partial charge in [-0.2, -0.15) is 0 Å². The molecule has 3 aromatic rings. The second-order valence-electron chi connectivity index (χ2n) is 5.11. The van der Waals surface area contributed by atoms with Gasteiger partial charge in [0.1, 0.15) is 6.20 Å². The molecule has 25 heavy (non-hydrogen) atoms. The minimum absolute atomic E-state index is 0.276. The van der Waals surface area contributed by atoms with Crippen molar-refractivity contribution in [3.63, 3.8) is 0 Å². The van der Waals surface area contributed by atoms with Gasteiger partial charge < -0.3 is 10.1 Å². The van der Waals surface area contributed by atoms with Crippen LogP contribution in [0.15, 0.2) is 48.7 Å². The van der Waals surface area contributed by atoms with E-state index >= 15 is 0 Å². The van der Waals surface area contributed by atoms with Crippen LogP contribution in [-0.2, 0) is 0 Å². The number of nitrogens with zero attached hydrogens (tertiary/aromatic N) is 2. The molecule has 0 N–H and O–H groups in total. The Morgan fingerprint density at radius 3 is 1.88 bits per heavy atom. The highest BCUT2D eigenvalue weighted by molar-refractivity contribution is 6.42. The lowest BCUT2D eigenvalue weighted by Gasteiger charge is -2.08. The summed E-state index contributed by atoms with van der Waals surface area (Å²) in [5.41, 5.74) is 2.26. The largest absolute Gasteiger partial charge is 0.371 e. The van der Waals surface area contributed by atoms with Crippen molar-refractivity contribution < 1.29 is 4.92 Å². The number of aromatic nitrogens is 1. The number of hydrogen-bond acceptors (Lipinski definition) is 3. The van der Waals surface area contributed by atoms with Gasteiger partial charge in [-0.3, -0.25) is 0 Å². The number of hydrogen-bond donors (Lipinski definition) is 0. The Bertz CT molecular complexity index is 992. The van der Waals surface area contributed by atoms with Crippen LogP contribution in [0, 0.1) is 10.1 Å². The second-order valence-corrected chi connectivity index (χ2v) is 6.74. The third kappa shape index (κ3) is 3.72. The molecule has 0 radical (unpaired) electrons. The van der Waals surface area contributed by atoms with Crippen LogP contribution in [0.2, 0.25) is 20.1 Å². The lowest BCUT2D eigenvalue weighted by atomic mass is 10.0. The van der Waals surface area contributed by atoms with Crippen LogP contribution < -0.4 is 0 Å². The predicted molar refractivity (Wildman–Crippen MR) is 102 cm³/mol. The molecule has 0 bridgehead atoms. The van der Waals surface area contributed by atoms with Crippen molar-refractivity contribution >= 4 is 52.2 Å². The van der Waals surface area contributed by atoms with E-state index in [1.807, 2.05) is 0 Å². The Morgan fingerprint density at radius 1 is 0.760 bits per heavy atom. The SMILES string of the molecule is O=[N+]([O-])c1ncc(-c2ccc(Cl)c(Cl)c2)cc1-c1ccc(Cl)c(Cl)c1. The summed E-state index contributed by atoms with van der Waals surface area (Å²) in [5.74, 6) is -0.276. The van der Waals surface area contributed by atoms with E-state index in [4.69, 9.17) is 46.4 Å². The van der Waals surface area contributed by atoms with Gasteiger partial charge in [-0.15, -0.1) is 0 Å².